The van der Waals surface area contributed by atoms with Crippen LogP contribution in [0.1, 0.15) is 24.0 Å². The first-order valence-electron chi connectivity index (χ1n) is 7.94. The molecule has 3 nitrogen and oxygen atoms in total. The fourth-order valence-electron chi connectivity index (χ4n) is 3.49. The second-order valence-corrected chi connectivity index (χ2v) is 6.13. The Kier molecular flexibility index (Phi) is 6.34. The number of hydrogen-bond acceptors (Lipinski definition) is 3. The number of piperidine rings is 1. The SMILES string of the molecule is COc1ccc2c(c1)CCN(CC1CCNCC1)CC2.Cl. The van der Waals surface area contributed by atoms with E-state index < -0.39 is 0 Å². The van der Waals surface area contributed by atoms with Gasteiger partial charge in [0, 0.05) is 19.6 Å². The zero-order valence-corrected chi connectivity index (χ0v) is 13.8. The van der Waals surface area contributed by atoms with Gasteiger partial charge in [0.05, 0.1) is 7.11 Å². The summed E-state index contributed by atoms with van der Waals surface area (Å²) in [7, 11) is 1.75. The zero-order chi connectivity index (χ0) is 13.8. The van der Waals surface area contributed by atoms with Gasteiger partial charge in [0.25, 0.3) is 0 Å². The predicted octanol–water partition coefficient (Wildman–Crippen LogP) is 2.52. The molecular formula is C17H27ClN2O. The number of nitrogens with zero attached hydrogens (tertiary/aromatic N) is 1. The normalized spacial score (nSPS) is 20.2. The molecular weight excluding hydrogens is 284 g/mol. The van der Waals surface area contributed by atoms with Crippen LogP contribution >= 0.6 is 12.4 Å². The molecule has 1 saturated heterocycles. The fraction of sp³-hybridized carbons (Fsp3) is 0.647. The second-order valence-electron chi connectivity index (χ2n) is 6.13. The van der Waals surface area contributed by atoms with Crippen molar-refractivity contribution in [3.05, 3.63) is 29.3 Å². The monoisotopic (exact) mass is 310 g/mol. The topological polar surface area (TPSA) is 24.5 Å². The minimum absolute atomic E-state index is 0. The van der Waals surface area contributed by atoms with Gasteiger partial charge in [-0.05, 0) is 68.0 Å². The van der Waals surface area contributed by atoms with Crippen LogP contribution in [-0.2, 0) is 12.8 Å². The molecule has 3 rings (SSSR count). The smallest absolute Gasteiger partial charge is 0.119 e. The van der Waals surface area contributed by atoms with Crippen LogP contribution in [0.5, 0.6) is 5.75 Å². The molecule has 0 atom stereocenters. The molecule has 2 aliphatic rings. The molecule has 118 valence electrons. The van der Waals surface area contributed by atoms with Crippen molar-refractivity contribution in [2.45, 2.75) is 25.7 Å². The van der Waals surface area contributed by atoms with E-state index in [4.69, 9.17) is 4.74 Å². The van der Waals surface area contributed by atoms with Gasteiger partial charge >= 0.3 is 0 Å². The van der Waals surface area contributed by atoms with Crippen molar-refractivity contribution in [1.82, 2.24) is 10.2 Å². The highest BCUT2D eigenvalue weighted by Crippen LogP contribution is 2.23. The van der Waals surface area contributed by atoms with Gasteiger partial charge in [-0.15, -0.1) is 12.4 Å². The molecule has 0 saturated carbocycles. The van der Waals surface area contributed by atoms with Crippen molar-refractivity contribution < 1.29 is 4.74 Å². The molecule has 21 heavy (non-hydrogen) atoms. The minimum atomic E-state index is 0. The standard InChI is InChI=1S/C17H26N2O.ClH/c1-20-17-3-2-15-6-10-19(11-7-16(15)12-17)13-14-4-8-18-9-5-14;/h2-3,12,14,18H,4-11,13H2,1H3;1H. The van der Waals surface area contributed by atoms with Crippen molar-refractivity contribution in [2.24, 2.45) is 5.92 Å². The molecule has 0 aliphatic carbocycles. The quantitative estimate of drug-likeness (QED) is 0.928. The van der Waals surface area contributed by atoms with Gasteiger partial charge in [0.15, 0.2) is 0 Å². The van der Waals surface area contributed by atoms with Crippen molar-refractivity contribution in [2.75, 3.05) is 39.8 Å². The number of benzene rings is 1. The zero-order valence-electron chi connectivity index (χ0n) is 12.9. The van der Waals surface area contributed by atoms with Gasteiger partial charge in [0.1, 0.15) is 5.75 Å². The Morgan fingerprint density at radius 2 is 1.86 bits per heavy atom. The Bertz CT molecular complexity index is 446. The second kappa shape index (κ2) is 8.02. The van der Waals surface area contributed by atoms with Crippen molar-refractivity contribution in [1.29, 1.82) is 0 Å². The maximum absolute atomic E-state index is 5.35. The first kappa shape index (κ1) is 16.6. The number of hydrogen-bond donors (Lipinski definition) is 1. The Labute approximate surface area is 134 Å². The van der Waals surface area contributed by atoms with E-state index in [1.54, 1.807) is 7.11 Å². The van der Waals surface area contributed by atoms with E-state index in [1.165, 1.54) is 63.1 Å². The van der Waals surface area contributed by atoms with Gasteiger partial charge in [-0.25, -0.2) is 0 Å². The molecule has 2 heterocycles. The molecule has 0 spiro atoms. The largest absolute Gasteiger partial charge is 0.497 e. The maximum Gasteiger partial charge on any atom is 0.119 e. The average molecular weight is 311 g/mol. The lowest BCUT2D eigenvalue weighted by molar-refractivity contribution is 0.213. The van der Waals surface area contributed by atoms with E-state index in [2.05, 4.69) is 28.4 Å². The Morgan fingerprint density at radius 3 is 2.57 bits per heavy atom. The lowest BCUT2D eigenvalue weighted by Crippen LogP contribution is -2.37. The van der Waals surface area contributed by atoms with E-state index in [9.17, 15) is 0 Å². The lowest BCUT2D eigenvalue weighted by Gasteiger charge is -2.29. The number of halogens is 1. The summed E-state index contributed by atoms with van der Waals surface area (Å²) >= 11 is 0. The summed E-state index contributed by atoms with van der Waals surface area (Å²) in [5, 5.41) is 3.46. The number of rotatable bonds is 3. The summed E-state index contributed by atoms with van der Waals surface area (Å²) in [5.74, 6) is 1.89. The third kappa shape index (κ3) is 4.35. The molecule has 0 radical (unpaired) electrons. The third-order valence-electron chi connectivity index (χ3n) is 4.78. The average Bonchev–Trinajstić information content (AvgIpc) is 2.70. The molecule has 2 aliphatic heterocycles. The van der Waals surface area contributed by atoms with Crippen LogP contribution in [0, 0.1) is 5.92 Å². The summed E-state index contributed by atoms with van der Waals surface area (Å²) in [6.07, 6.45) is 5.04. The van der Waals surface area contributed by atoms with Crippen LogP contribution in [0.3, 0.4) is 0 Å². The van der Waals surface area contributed by atoms with Crippen LogP contribution in [0.2, 0.25) is 0 Å². The highest BCUT2D eigenvalue weighted by molar-refractivity contribution is 5.85. The highest BCUT2D eigenvalue weighted by Gasteiger charge is 2.19. The van der Waals surface area contributed by atoms with Crippen LogP contribution < -0.4 is 10.1 Å². The molecule has 1 aromatic rings. The predicted molar refractivity (Wildman–Crippen MR) is 89.7 cm³/mol. The van der Waals surface area contributed by atoms with E-state index in [-0.39, 0.29) is 12.4 Å². The van der Waals surface area contributed by atoms with E-state index in [0.717, 1.165) is 18.1 Å². The first-order chi connectivity index (χ1) is 9.85. The van der Waals surface area contributed by atoms with Gasteiger partial charge in [0.2, 0.25) is 0 Å². The molecule has 4 heteroatoms. The molecule has 0 aromatic heterocycles. The molecule has 1 aromatic carbocycles. The summed E-state index contributed by atoms with van der Waals surface area (Å²) in [5.41, 5.74) is 3.00. The molecule has 1 fully saturated rings. The number of ether oxygens (including phenoxy) is 1. The van der Waals surface area contributed by atoms with E-state index >= 15 is 0 Å². The summed E-state index contributed by atoms with van der Waals surface area (Å²) in [4.78, 5) is 2.67. The van der Waals surface area contributed by atoms with Crippen LogP contribution in [0.15, 0.2) is 18.2 Å². The van der Waals surface area contributed by atoms with Crippen LogP contribution in [-0.4, -0.2) is 44.7 Å². The maximum atomic E-state index is 5.35. The highest BCUT2D eigenvalue weighted by atomic mass is 35.5. The Hall–Kier alpha value is -0.770. The molecule has 1 N–H and O–H groups in total. The van der Waals surface area contributed by atoms with Gasteiger partial charge < -0.3 is 15.0 Å². The Balaban J connectivity index is 0.00000161. The van der Waals surface area contributed by atoms with E-state index in [1.807, 2.05) is 0 Å². The van der Waals surface area contributed by atoms with Crippen molar-refractivity contribution in [3.8, 4) is 5.75 Å². The lowest BCUT2D eigenvalue weighted by atomic mass is 9.97. The summed E-state index contributed by atoms with van der Waals surface area (Å²) in [6.45, 7) is 6.10. The third-order valence-corrected chi connectivity index (χ3v) is 4.78. The molecule has 0 unspecified atom stereocenters. The molecule has 0 bridgehead atoms. The van der Waals surface area contributed by atoms with Crippen molar-refractivity contribution >= 4 is 12.4 Å². The number of fused-ring (bicyclic) bond motifs is 1. The van der Waals surface area contributed by atoms with Crippen molar-refractivity contribution in [3.63, 3.8) is 0 Å². The van der Waals surface area contributed by atoms with Crippen LogP contribution in [0.25, 0.3) is 0 Å². The fourth-order valence-corrected chi connectivity index (χ4v) is 3.49. The molecule has 0 amide bonds. The van der Waals surface area contributed by atoms with Gasteiger partial charge in [-0.3, -0.25) is 0 Å². The first-order valence-corrected chi connectivity index (χ1v) is 7.94. The number of methoxy groups -OCH3 is 1. The number of nitrogens with one attached hydrogen (secondary N) is 1. The Morgan fingerprint density at radius 1 is 1.14 bits per heavy atom. The summed E-state index contributed by atoms with van der Waals surface area (Å²) < 4.78 is 5.35. The van der Waals surface area contributed by atoms with Gasteiger partial charge in [-0.1, -0.05) is 6.07 Å². The minimum Gasteiger partial charge on any atom is -0.497 e. The summed E-state index contributed by atoms with van der Waals surface area (Å²) in [6, 6.07) is 6.58. The van der Waals surface area contributed by atoms with E-state index in [0.29, 0.717) is 0 Å². The van der Waals surface area contributed by atoms with Crippen LogP contribution in [0.4, 0.5) is 0 Å². The van der Waals surface area contributed by atoms with Gasteiger partial charge in [-0.2, -0.15) is 0 Å².